The minimum atomic E-state index is 0. The number of ether oxygens (including phenoxy) is 1. The molecule has 0 fully saturated rings. The summed E-state index contributed by atoms with van der Waals surface area (Å²) in [5.41, 5.74) is 9.04. The predicted octanol–water partition coefficient (Wildman–Crippen LogP) is 3.48. The molecule has 2 aromatic carbocycles. The number of hydrogen-bond donors (Lipinski definition) is 1. The number of anilines is 2. The number of para-hydroxylation sites is 2. The van der Waals surface area contributed by atoms with Gasteiger partial charge < -0.3 is 15.4 Å². The van der Waals surface area contributed by atoms with Gasteiger partial charge in [-0.3, -0.25) is 0 Å². The Kier molecular flexibility index (Phi) is 4.40. The van der Waals surface area contributed by atoms with Gasteiger partial charge in [0, 0.05) is 12.2 Å². The second-order valence-corrected chi connectivity index (χ2v) is 5.02. The minimum Gasteiger partial charge on any atom is -0.487 e. The van der Waals surface area contributed by atoms with E-state index >= 15 is 0 Å². The van der Waals surface area contributed by atoms with Crippen molar-refractivity contribution >= 4 is 23.8 Å². The molecule has 0 bridgehead atoms. The second kappa shape index (κ2) is 6.06. The zero-order valence-electron chi connectivity index (χ0n) is 11.5. The van der Waals surface area contributed by atoms with E-state index in [1.807, 2.05) is 36.4 Å². The highest BCUT2D eigenvalue weighted by atomic mass is 35.5. The van der Waals surface area contributed by atoms with E-state index in [0.29, 0.717) is 0 Å². The zero-order chi connectivity index (χ0) is 13.2. The van der Waals surface area contributed by atoms with Crippen LogP contribution in [0.15, 0.2) is 48.5 Å². The first kappa shape index (κ1) is 14.5. The average molecular weight is 291 g/mol. The first-order valence-corrected chi connectivity index (χ1v) is 6.57. The van der Waals surface area contributed by atoms with Crippen LogP contribution in [0.1, 0.15) is 12.5 Å². The molecule has 0 spiro atoms. The van der Waals surface area contributed by atoms with Crippen molar-refractivity contribution in [2.45, 2.75) is 19.6 Å². The number of nitrogen functional groups attached to an aromatic ring is 1. The Morgan fingerprint density at radius 2 is 2.00 bits per heavy atom. The van der Waals surface area contributed by atoms with E-state index in [4.69, 9.17) is 10.5 Å². The molecular weight excluding hydrogens is 272 g/mol. The normalized spacial score (nSPS) is 16.9. The van der Waals surface area contributed by atoms with Crippen molar-refractivity contribution in [3.05, 3.63) is 54.1 Å². The second-order valence-electron chi connectivity index (χ2n) is 5.02. The molecule has 1 aliphatic heterocycles. The molecule has 20 heavy (non-hydrogen) atoms. The van der Waals surface area contributed by atoms with Crippen molar-refractivity contribution in [2.24, 2.45) is 0 Å². The summed E-state index contributed by atoms with van der Waals surface area (Å²) in [5.74, 6) is 0.963. The standard InChI is InChI=1S/C16H18N2O.ClH/c1-12-10-18(11-13-5-4-6-14(17)9-13)15-7-2-3-8-16(15)19-12;/h2-9,12H,10-11,17H2,1H3;1H. The fourth-order valence-corrected chi connectivity index (χ4v) is 2.54. The lowest BCUT2D eigenvalue weighted by atomic mass is 10.1. The third-order valence-electron chi connectivity index (χ3n) is 3.34. The first-order valence-electron chi connectivity index (χ1n) is 6.57. The molecule has 2 aromatic rings. The molecule has 0 saturated carbocycles. The number of fused-ring (bicyclic) bond motifs is 1. The van der Waals surface area contributed by atoms with Crippen LogP contribution < -0.4 is 15.4 Å². The Morgan fingerprint density at radius 3 is 2.80 bits per heavy atom. The molecule has 2 N–H and O–H groups in total. The molecular formula is C16H19ClN2O. The lowest BCUT2D eigenvalue weighted by Gasteiger charge is -2.35. The number of halogens is 1. The number of rotatable bonds is 2. The van der Waals surface area contributed by atoms with Crippen molar-refractivity contribution in [3.8, 4) is 5.75 Å². The third-order valence-corrected chi connectivity index (χ3v) is 3.34. The van der Waals surface area contributed by atoms with Crippen molar-refractivity contribution in [1.82, 2.24) is 0 Å². The van der Waals surface area contributed by atoms with Crippen molar-refractivity contribution < 1.29 is 4.74 Å². The van der Waals surface area contributed by atoms with Gasteiger partial charge in [0.05, 0.1) is 12.2 Å². The van der Waals surface area contributed by atoms with Crippen LogP contribution in [-0.4, -0.2) is 12.6 Å². The number of hydrogen-bond acceptors (Lipinski definition) is 3. The van der Waals surface area contributed by atoms with Crippen molar-refractivity contribution in [2.75, 3.05) is 17.2 Å². The maximum atomic E-state index is 5.86. The molecule has 0 radical (unpaired) electrons. The summed E-state index contributed by atoms with van der Waals surface area (Å²) in [5, 5.41) is 0. The SMILES string of the molecule is CC1CN(Cc2cccc(N)c2)c2ccccc2O1.Cl. The van der Waals surface area contributed by atoms with Gasteiger partial charge in [0.2, 0.25) is 0 Å². The van der Waals surface area contributed by atoms with Gasteiger partial charge in [0.15, 0.2) is 0 Å². The Balaban J connectivity index is 0.00000147. The summed E-state index contributed by atoms with van der Waals surface area (Å²) in [7, 11) is 0. The van der Waals surface area contributed by atoms with Gasteiger partial charge in [-0.2, -0.15) is 0 Å². The fourth-order valence-electron chi connectivity index (χ4n) is 2.54. The molecule has 3 rings (SSSR count). The quantitative estimate of drug-likeness (QED) is 0.861. The topological polar surface area (TPSA) is 38.5 Å². The van der Waals surface area contributed by atoms with Crippen LogP contribution in [0.5, 0.6) is 5.75 Å². The predicted molar refractivity (Wildman–Crippen MR) is 85.7 cm³/mol. The Hall–Kier alpha value is -1.87. The molecule has 0 saturated heterocycles. The van der Waals surface area contributed by atoms with E-state index in [1.165, 1.54) is 5.56 Å². The average Bonchev–Trinajstić information content (AvgIpc) is 2.38. The van der Waals surface area contributed by atoms with Crippen LogP contribution in [0.4, 0.5) is 11.4 Å². The van der Waals surface area contributed by atoms with Crippen molar-refractivity contribution in [1.29, 1.82) is 0 Å². The summed E-state index contributed by atoms with van der Waals surface area (Å²) < 4.78 is 5.86. The summed E-state index contributed by atoms with van der Waals surface area (Å²) in [6.45, 7) is 3.85. The zero-order valence-corrected chi connectivity index (χ0v) is 12.3. The van der Waals surface area contributed by atoms with E-state index in [1.54, 1.807) is 0 Å². The number of nitrogens with two attached hydrogens (primary N) is 1. The van der Waals surface area contributed by atoms with E-state index < -0.39 is 0 Å². The van der Waals surface area contributed by atoms with Gasteiger partial charge >= 0.3 is 0 Å². The molecule has 1 unspecified atom stereocenters. The van der Waals surface area contributed by atoms with Gasteiger partial charge in [-0.1, -0.05) is 24.3 Å². The van der Waals surface area contributed by atoms with Crippen LogP contribution >= 0.6 is 12.4 Å². The molecule has 0 aromatic heterocycles. The first-order chi connectivity index (χ1) is 9.22. The summed E-state index contributed by atoms with van der Waals surface area (Å²) in [6, 6.07) is 16.2. The van der Waals surface area contributed by atoms with Gasteiger partial charge in [0.25, 0.3) is 0 Å². The number of nitrogens with zero attached hydrogens (tertiary/aromatic N) is 1. The molecule has 1 aliphatic rings. The monoisotopic (exact) mass is 290 g/mol. The minimum absolute atomic E-state index is 0. The van der Waals surface area contributed by atoms with Crippen molar-refractivity contribution in [3.63, 3.8) is 0 Å². The largest absolute Gasteiger partial charge is 0.487 e. The maximum Gasteiger partial charge on any atom is 0.143 e. The van der Waals surface area contributed by atoms with Gasteiger partial charge in [-0.15, -0.1) is 12.4 Å². The van der Waals surface area contributed by atoms with Crippen LogP contribution in [0.3, 0.4) is 0 Å². The third kappa shape index (κ3) is 2.99. The van der Waals surface area contributed by atoms with E-state index in [9.17, 15) is 0 Å². The molecule has 0 amide bonds. The van der Waals surface area contributed by atoms with Gasteiger partial charge in [-0.05, 0) is 36.8 Å². The highest BCUT2D eigenvalue weighted by Gasteiger charge is 2.22. The Bertz CT molecular complexity index is 588. The highest BCUT2D eigenvalue weighted by molar-refractivity contribution is 5.85. The summed E-state index contributed by atoms with van der Waals surface area (Å²) in [4.78, 5) is 2.35. The van der Waals surface area contributed by atoms with E-state index in [2.05, 4.69) is 24.0 Å². The maximum absolute atomic E-state index is 5.86. The molecule has 1 atom stereocenters. The van der Waals surface area contributed by atoms with Crippen LogP contribution in [0, 0.1) is 0 Å². The van der Waals surface area contributed by atoms with E-state index in [0.717, 1.165) is 30.2 Å². The van der Waals surface area contributed by atoms with Gasteiger partial charge in [-0.25, -0.2) is 0 Å². The lowest BCUT2D eigenvalue weighted by molar-refractivity contribution is 0.212. The van der Waals surface area contributed by atoms with Crippen LogP contribution in [0.2, 0.25) is 0 Å². The molecule has 3 nitrogen and oxygen atoms in total. The molecule has 4 heteroatoms. The summed E-state index contributed by atoms with van der Waals surface area (Å²) in [6.07, 6.45) is 0.205. The molecule has 0 aliphatic carbocycles. The highest BCUT2D eigenvalue weighted by Crippen LogP contribution is 2.33. The Morgan fingerprint density at radius 1 is 1.20 bits per heavy atom. The smallest absolute Gasteiger partial charge is 0.143 e. The lowest BCUT2D eigenvalue weighted by Crippen LogP contribution is -2.37. The van der Waals surface area contributed by atoms with Gasteiger partial charge in [0.1, 0.15) is 11.9 Å². The summed E-state index contributed by atoms with van der Waals surface area (Å²) >= 11 is 0. The van der Waals surface area contributed by atoms with Crippen LogP contribution in [0.25, 0.3) is 0 Å². The number of benzene rings is 2. The molecule has 106 valence electrons. The van der Waals surface area contributed by atoms with E-state index in [-0.39, 0.29) is 18.5 Å². The fraction of sp³-hybridized carbons (Fsp3) is 0.250. The molecule has 1 heterocycles. The van der Waals surface area contributed by atoms with Crippen LogP contribution in [-0.2, 0) is 6.54 Å². The Labute approximate surface area is 125 Å².